The van der Waals surface area contributed by atoms with E-state index in [9.17, 15) is 4.79 Å². The van der Waals surface area contributed by atoms with Crippen LogP contribution < -0.4 is 0 Å². The number of carboxylic acid groups (broad SMARTS) is 1. The fourth-order valence-corrected chi connectivity index (χ4v) is 1.94. The molecule has 0 aliphatic carbocycles. The average molecular weight is 261 g/mol. The molecule has 1 aromatic heterocycles. The third kappa shape index (κ3) is 1.59. The number of hydrogen-bond donors (Lipinski definition) is 1. The summed E-state index contributed by atoms with van der Waals surface area (Å²) in [5.74, 6) is 0.834. The van der Waals surface area contributed by atoms with Gasteiger partial charge < -0.3 is 14.6 Å². The molecule has 6 nitrogen and oxygen atoms in total. The van der Waals surface area contributed by atoms with Gasteiger partial charge in [0, 0.05) is 26.1 Å². The van der Waals surface area contributed by atoms with Crippen molar-refractivity contribution < 1.29 is 9.90 Å². The van der Waals surface area contributed by atoms with E-state index in [0.29, 0.717) is 30.8 Å². The summed E-state index contributed by atoms with van der Waals surface area (Å²) >= 11 is 3.27. The van der Waals surface area contributed by atoms with Crippen LogP contribution in [0.3, 0.4) is 0 Å². The monoisotopic (exact) mass is 260 g/mol. The molecule has 1 amide bonds. The third-order valence-electron chi connectivity index (χ3n) is 2.25. The zero-order valence-corrected chi connectivity index (χ0v) is 8.94. The van der Waals surface area contributed by atoms with Gasteiger partial charge in [-0.15, -0.1) is 10.2 Å². The molecule has 0 saturated heterocycles. The van der Waals surface area contributed by atoms with Gasteiger partial charge >= 0.3 is 6.09 Å². The molecule has 0 aromatic carbocycles. The first kappa shape index (κ1) is 9.45. The van der Waals surface area contributed by atoms with Gasteiger partial charge in [-0.2, -0.15) is 0 Å². The summed E-state index contributed by atoms with van der Waals surface area (Å²) in [6.07, 6.45) is -0.259. The maximum atomic E-state index is 10.7. The second-order valence-electron chi connectivity index (χ2n) is 3.06. The molecule has 1 aromatic rings. The number of nitrogens with zero attached hydrogens (tertiary/aromatic N) is 4. The van der Waals surface area contributed by atoms with Gasteiger partial charge in [-0.25, -0.2) is 4.79 Å². The van der Waals surface area contributed by atoms with Crippen LogP contribution in [-0.4, -0.2) is 44.0 Å². The Morgan fingerprint density at radius 3 is 2.86 bits per heavy atom. The zero-order chi connectivity index (χ0) is 10.1. The van der Waals surface area contributed by atoms with E-state index in [1.807, 2.05) is 4.57 Å². The summed E-state index contributed by atoms with van der Waals surface area (Å²) in [7, 11) is 0. The molecule has 2 heterocycles. The number of rotatable bonds is 0. The molecule has 7 heteroatoms. The Labute approximate surface area is 88.7 Å². The maximum Gasteiger partial charge on any atom is 0.407 e. The molecule has 0 bridgehead atoms. The van der Waals surface area contributed by atoms with E-state index >= 15 is 0 Å². The van der Waals surface area contributed by atoms with Crippen molar-refractivity contribution in [3.8, 4) is 0 Å². The summed E-state index contributed by atoms with van der Waals surface area (Å²) in [5.41, 5.74) is 0. The largest absolute Gasteiger partial charge is 0.465 e. The second kappa shape index (κ2) is 3.56. The van der Waals surface area contributed by atoms with Gasteiger partial charge in [0.1, 0.15) is 5.82 Å². The predicted octanol–water partition coefficient (Wildman–Crippen LogP) is 0.577. The first-order valence-electron chi connectivity index (χ1n) is 4.24. The molecule has 0 spiro atoms. The van der Waals surface area contributed by atoms with E-state index in [2.05, 4.69) is 26.1 Å². The highest BCUT2D eigenvalue weighted by Crippen LogP contribution is 2.13. The summed E-state index contributed by atoms with van der Waals surface area (Å²) in [6.45, 7) is 1.58. The highest BCUT2D eigenvalue weighted by molar-refractivity contribution is 9.10. The fraction of sp³-hybridized carbons (Fsp3) is 0.571. The topological polar surface area (TPSA) is 71.2 Å². The summed E-state index contributed by atoms with van der Waals surface area (Å²) in [5, 5.41) is 16.6. The quantitative estimate of drug-likeness (QED) is 0.741. The molecule has 0 unspecified atom stereocenters. The Balaban J connectivity index is 2.18. The lowest BCUT2D eigenvalue weighted by Gasteiger charge is -2.14. The van der Waals surface area contributed by atoms with Crippen molar-refractivity contribution in [1.82, 2.24) is 19.7 Å². The van der Waals surface area contributed by atoms with Crippen molar-refractivity contribution in [3.63, 3.8) is 0 Å². The van der Waals surface area contributed by atoms with Crippen molar-refractivity contribution in [2.45, 2.75) is 13.0 Å². The SMILES string of the molecule is O=C(O)N1CCc2nnc(Br)n2CC1. The number of carbonyl (C=O) groups is 1. The van der Waals surface area contributed by atoms with Crippen molar-refractivity contribution in [3.05, 3.63) is 10.6 Å². The number of halogens is 1. The number of aromatic nitrogens is 3. The van der Waals surface area contributed by atoms with Crippen LogP contribution in [0.1, 0.15) is 5.82 Å². The van der Waals surface area contributed by atoms with E-state index in [4.69, 9.17) is 5.11 Å². The molecule has 1 N–H and O–H groups in total. The van der Waals surface area contributed by atoms with Gasteiger partial charge in [-0.05, 0) is 15.9 Å². The highest BCUT2D eigenvalue weighted by atomic mass is 79.9. The van der Waals surface area contributed by atoms with Crippen LogP contribution in [0.25, 0.3) is 0 Å². The summed E-state index contributed by atoms with van der Waals surface area (Å²) in [4.78, 5) is 12.1. The first-order chi connectivity index (χ1) is 6.68. The smallest absolute Gasteiger partial charge is 0.407 e. The van der Waals surface area contributed by atoms with Gasteiger partial charge in [0.15, 0.2) is 4.73 Å². The Morgan fingerprint density at radius 1 is 1.36 bits per heavy atom. The molecular formula is C7H9BrN4O2. The zero-order valence-electron chi connectivity index (χ0n) is 7.35. The van der Waals surface area contributed by atoms with Gasteiger partial charge in [0.05, 0.1) is 0 Å². The van der Waals surface area contributed by atoms with E-state index in [-0.39, 0.29) is 0 Å². The first-order valence-corrected chi connectivity index (χ1v) is 5.03. The molecule has 14 heavy (non-hydrogen) atoms. The van der Waals surface area contributed by atoms with Crippen molar-refractivity contribution in [2.75, 3.05) is 13.1 Å². The lowest BCUT2D eigenvalue weighted by Crippen LogP contribution is -2.32. The van der Waals surface area contributed by atoms with Crippen LogP contribution in [0.5, 0.6) is 0 Å². The molecule has 0 fully saturated rings. The van der Waals surface area contributed by atoms with Gasteiger partial charge in [0.25, 0.3) is 0 Å². The molecule has 0 saturated carbocycles. The fourth-order valence-electron chi connectivity index (χ4n) is 1.48. The Hall–Kier alpha value is -1.11. The minimum Gasteiger partial charge on any atom is -0.465 e. The summed E-state index contributed by atoms with van der Waals surface area (Å²) in [6, 6.07) is 0. The number of amides is 1. The molecular weight excluding hydrogens is 252 g/mol. The van der Waals surface area contributed by atoms with Crippen molar-refractivity contribution >= 4 is 22.0 Å². The van der Waals surface area contributed by atoms with Crippen LogP contribution in [0.15, 0.2) is 4.73 Å². The van der Waals surface area contributed by atoms with Crippen LogP contribution in [0.2, 0.25) is 0 Å². The van der Waals surface area contributed by atoms with Crippen LogP contribution in [-0.2, 0) is 13.0 Å². The van der Waals surface area contributed by atoms with E-state index in [1.54, 1.807) is 0 Å². The predicted molar refractivity (Wildman–Crippen MR) is 51.0 cm³/mol. The highest BCUT2D eigenvalue weighted by Gasteiger charge is 2.19. The van der Waals surface area contributed by atoms with E-state index < -0.39 is 6.09 Å². The standard InChI is InChI=1S/C7H9BrN4O2/c8-6-10-9-5-1-2-11(7(13)14)3-4-12(5)6/h1-4H2,(H,13,14). The maximum absolute atomic E-state index is 10.7. The van der Waals surface area contributed by atoms with Crippen molar-refractivity contribution in [2.24, 2.45) is 0 Å². The van der Waals surface area contributed by atoms with E-state index in [1.165, 1.54) is 4.90 Å². The van der Waals surface area contributed by atoms with Crippen LogP contribution in [0, 0.1) is 0 Å². The Bertz CT molecular complexity index is 365. The lowest BCUT2D eigenvalue weighted by atomic mass is 10.4. The number of hydrogen-bond acceptors (Lipinski definition) is 3. The second-order valence-corrected chi connectivity index (χ2v) is 3.77. The number of fused-ring (bicyclic) bond motifs is 1. The third-order valence-corrected chi connectivity index (χ3v) is 2.84. The Kier molecular flexibility index (Phi) is 2.40. The molecule has 1 aliphatic heterocycles. The lowest BCUT2D eigenvalue weighted by molar-refractivity contribution is 0.146. The minimum atomic E-state index is -0.875. The Morgan fingerprint density at radius 2 is 2.14 bits per heavy atom. The van der Waals surface area contributed by atoms with Gasteiger partial charge in [0.2, 0.25) is 0 Å². The molecule has 2 rings (SSSR count). The molecule has 0 atom stereocenters. The normalized spacial score (nSPS) is 16.2. The van der Waals surface area contributed by atoms with Crippen molar-refractivity contribution in [1.29, 1.82) is 0 Å². The average Bonchev–Trinajstić information content (AvgIpc) is 2.38. The summed E-state index contributed by atoms with van der Waals surface area (Å²) < 4.78 is 2.56. The van der Waals surface area contributed by atoms with Crippen LogP contribution >= 0.6 is 15.9 Å². The molecule has 76 valence electrons. The molecule has 0 radical (unpaired) electrons. The van der Waals surface area contributed by atoms with Gasteiger partial charge in [-0.1, -0.05) is 0 Å². The molecule has 1 aliphatic rings. The van der Waals surface area contributed by atoms with Gasteiger partial charge in [-0.3, -0.25) is 0 Å². The minimum absolute atomic E-state index is 0.485. The van der Waals surface area contributed by atoms with Crippen LogP contribution in [0.4, 0.5) is 4.79 Å². The van der Waals surface area contributed by atoms with E-state index in [0.717, 1.165) is 5.82 Å².